The van der Waals surface area contributed by atoms with E-state index in [-0.39, 0.29) is 5.91 Å². The molecule has 1 amide bonds. The number of amides is 1. The Balaban J connectivity index is 1.81. The number of nitrogens with one attached hydrogen (secondary N) is 1. The van der Waals surface area contributed by atoms with Crippen LogP contribution in [0.15, 0.2) is 12.4 Å². The molecule has 2 heterocycles. The highest BCUT2D eigenvalue weighted by Gasteiger charge is 2.18. The number of carbonyl (C=O) groups excluding carboxylic acids is 1. The van der Waals surface area contributed by atoms with Crippen LogP contribution in [0.4, 0.5) is 5.95 Å². The second-order valence-corrected chi connectivity index (χ2v) is 6.11. The van der Waals surface area contributed by atoms with Crippen LogP contribution in [0.3, 0.4) is 0 Å². The molecule has 0 aromatic carbocycles. The lowest BCUT2D eigenvalue weighted by molar-refractivity contribution is 0.0951. The van der Waals surface area contributed by atoms with Gasteiger partial charge in [0.25, 0.3) is 5.91 Å². The predicted molar refractivity (Wildman–Crippen MR) is 91.9 cm³/mol. The Labute approximate surface area is 138 Å². The second-order valence-electron chi connectivity index (χ2n) is 6.11. The highest BCUT2D eigenvalue weighted by molar-refractivity contribution is 5.93. The first-order chi connectivity index (χ1) is 11.1. The van der Waals surface area contributed by atoms with Crippen LogP contribution in [0.1, 0.15) is 23.7 Å². The number of hydrogen-bond donors (Lipinski definition) is 1. The van der Waals surface area contributed by atoms with Gasteiger partial charge in [-0.25, -0.2) is 9.97 Å². The minimum absolute atomic E-state index is 0.105. The van der Waals surface area contributed by atoms with Gasteiger partial charge in [0.1, 0.15) is 0 Å². The van der Waals surface area contributed by atoms with Gasteiger partial charge in [0, 0.05) is 45.1 Å². The van der Waals surface area contributed by atoms with Gasteiger partial charge in [-0.15, -0.1) is 0 Å². The van der Waals surface area contributed by atoms with E-state index in [1.165, 1.54) is 0 Å². The molecule has 1 N–H and O–H groups in total. The van der Waals surface area contributed by atoms with Crippen LogP contribution < -0.4 is 10.2 Å². The fraction of sp³-hybridized carbons (Fsp3) is 0.688. The summed E-state index contributed by atoms with van der Waals surface area (Å²) in [5, 5.41) is 2.90. The number of hydrogen-bond acceptors (Lipinski definition) is 6. The third-order valence-electron chi connectivity index (χ3n) is 4.07. The summed E-state index contributed by atoms with van der Waals surface area (Å²) in [7, 11) is 4.05. The molecule has 1 aliphatic rings. The molecule has 128 valence electrons. The Hall–Kier alpha value is -1.73. The molecule has 1 saturated heterocycles. The minimum Gasteiger partial charge on any atom is -0.352 e. The van der Waals surface area contributed by atoms with Crippen molar-refractivity contribution in [3.8, 4) is 0 Å². The molecule has 2 rings (SSSR count). The summed E-state index contributed by atoms with van der Waals surface area (Å²) in [6, 6.07) is 0. The third-order valence-corrected chi connectivity index (χ3v) is 4.07. The molecule has 0 saturated carbocycles. The highest BCUT2D eigenvalue weighted by Crippen LogP contribution is 2.10. The molecule has 1 aromatic rings. The molecule has 7 nitrogen and oxygen atoms in total. The standard InChI is InChI=1S/C16H28N6O/c1-4-21-8-10-22(11-9-21)16-18-12-14(13-19-16)15(23)17-6-5-7-20(2)3/h12-13H,4-11H2,1-3H3,(H,17,23). The molecule has 1 aliphatic heterocycles. The van der Waals surface area contributed by atoms with E-state index < -0.39 is 0 Å². The Morgan fingerprint density at radius 1 is 1.22 bits per heavy atom. The molecular formula is C16H28N6O. The van der Waals surface area contributed by atoms with E-state index >= 15 is 0 Å². The Morgan fingerprint density at radius 2 is 1.87 bits per heavy atom. The molecule has 1 fully saturated rings. The zero-order valence-electron chi connectivity index (χ0n) is 14.5. The maximum atomic E-state index is 12.0. The Morgan fingerprint density at radius 3 is 2.43 bits per heavy atom. The lowest BCUT2D eigenvalue weighted by Crippen LogP contribution is -2.46. The molecule has 0 spiro atoms. The predicted octanol–water partition coefficient (Wildman–Crippen LogP) is 0.300. The van der Waals surface area contributed by atoms with Gasteiger partial charge in [0.2, 0.25) is 5.95 Å². The summed E-state index contributed by atoms with van der Waals surface area (Å²) >= 11 is 0. The number of likely N-dealkylation sites (N-methyl/N-ethyl adjacent to an activating group) is 1. The average Bonchev–Trinajstić information content (AvgIpc) is 2.58. The van der Waals surface area contributed by atoms with Crippen LogP contribution in [0.5, 0.6) is 0 Å². The molecule has 7 heteroatoms. The number of nitrogens with zero attached hydrogens (tertiary/aromatic N) is 5. The van der Waals surface area contributed by atoms with Crippen LogP contribution in [0.25, 0.3) is 0 Å². The summed E-state index contributed by atoms with van der Waals surface area (Å²) in [6.45, 7) is 8.83. The van der Waals surface area contributed by atoms with Crippen molar-refractivity contribution in [2.75, 3.05) is 64.8 Å². The van der Waals surface area contributed by atoms with E-state index in [4.69, 9.17) is 0 Å². The van der Waals surface area contributed by atoms with Crippen LogP contribution in [0.2, 0.25) is 0 Å². The van der Waals surface area contributed by atoms with Crippen molar-refractivity contribution >= 4 is 11.9 Å². The van der Waals surface area contributed by atoms with Crippen LogP contribution in [-0.4, -0.2) is 85.6 Å². The quantitative estimate of drug-likeness (QED) is 0.729. The number of carbonyl (C=O) groups is 1. The SMILES string of the molecule is CCN1CCN(c2ncc(C(=O)NCCCN(C)C)cn2)CC1. The van der Waals surface area contributed by atoms with Crippen molar-refractivity contribution < 1.29 is 4.79 Å². The van der Waals surface area contributed by atoms with Gasteiger partial charge < -0.3 is 20.0 Å². The number of aromatic nitrogens is 2. The van der Waals surface area contributed by atoms with Crippen LogP contribution in [0, 0.1) is 0 Å². The van der Waals surface area contributed by atoms with Gasteiger partial charge in [-0.05, 0) is 33.6 Å². The van der Waals surface area contributed by atoms with Crippen molar-refractivity contribution in [3.63, 3.8) is 0 Å². The smallest absolute Gasteiger partial charge is 0.254 e. The number of piperazine rings is 1. The van der Waals surface area contributed by atoms with Crippen molar-refractivity contribution in [2.45, 2.75) is 13.3 Å². The molecule has 0 unspecified atom stereocenters. The lowest BCUT2D eigenvalue weighted by atomic mass is 10.3. The van der Waals surface area contributed by atoms with E-state index in [2.05, 4.69) is 36.9 Å². The average molecular weight is 320 g/mol. The zero-order valence-corrected chi connectivity index (χ0v) is 14.5. The van der Waals surface area contributed by atoms with Crippen LogP contribution >= 0.6 is 0 Å². The molecule has 0 bridgehead atoms. The first-order valence-electron chi connectivity index (χ1n) is 8.32. The van der Waals surface area contributed by atoms with E-state index in [9.17, 15) is 4.79 Å². The fourth-order valence-electron chi connectivity index (χ4n) is 2.57. The Bertz CT molecular complexity index is 482. The van der Waals surface area contributed by atoms with E-state index in [1.807, 2.05) is 14.1 Å². The third kappa shape index (κ3) is 5.44. The second kappa shape index (κ2) is 8.79. The molecule has 23 heavy (non-hydrogen) atoms. The maximum Gasteiger partial charge on any atom is 0.254 e. The number of anilines is 1. The van der Waals surface area contributed by atoms with Gasteiger partial charge in [-0.1, -0.05) is 6.92 Å². The van der Waals surface area contributed by atoms with Crippen molar-refractivity contribution in [1.29, 1.82) is 0 Å². The van der Waals surface area contributed by atoms with E-state index in [1.54, 1.807) is 12.4 Å². The van der Waals surface area contributed by atoms with E-state index in [0.29, 0.717) is 18.1 Å². The molecule has 0 aliphatic carbocycles. The van der Waals surface area contributed by atoms with Gasteiger partial charge in [-0.2, -0.15) is 0 Å². The summed E-state index contributed by atoms with van der Waals surface area (Å²) < 4.78 is 0. The molecule has 0 atom stereocenters. The van der Waals surface area contributed by atoms with Gasteiger partial charge in [0.05, 0.1) is 5.56 Å². The van der Waals surface area contributed by atoms with E-state index in [0.717, 1.165) is 45.7 Å². The minimum atomic E-state index is -0.105. The molecule has 0 radical (unpaired) electrons. The first kappa shape index (κ1) is 17.6. The highest BCUT2D eigenvalue weighted by atomic mass is 16.1. The summed E-state index contributed by atoms with van der Waals surface area (Å²) in [5.41, 5.74) is 0.519. The summed E-state index contributed by atoms with van der Waals surface area (Å²) in [6.07, 6.45) is 4.17. The van der Waals surface area contributed by atoms with Gasteiger partial charge in [-0.3, -0.25) is 4.79 Å². The van der Waals surface area contributed by atoms with Gasteiger partial charge >= 0.3 is 0 Å². The van der Waals surface area contributed by atoms with Crippen molar-refractivity contribution in [1.82, 2.24) is 25.1 Å². The normalized spacial score (nSPS) is 15.9. The topological polar surface area (TPSA) is 64.6 Å². The van der Waals surface area contributed by atoms with Crippen molar-refractivity contribution in [3.05, 3.63) is 18.0 Å². The summed E-state index contributed by atoms with van der Waals surface area (Å²) in [5.74, 6) is 0.607. The molecular weight excluding hydrogens is 292 g/mol. The largest absolute Gasteiger partial charge is 0.352 e. The van der Waals surface area contributed by atoms with Crippen molar-refractivity contribution in [2.24, 2.45) is 0 Å². The number of rotatable bonds is 7. The van der Waals surface area contributed by atoms with Crippen LogP contribution in [-0.2, 0) is 0 Å². The van der Waals surface area contributed by atoms with Gasteiger partial charge in [0.15, 0.2) is 0 Å². The molecule has 1 aromatic heterocycles. The monoisotopic (exact) mass is 320 g/mol. The summed E-state index contributed by atoms with van der Waals surface area (Å²) in [4.78, 5) is 27.4. The fourth-order valence-corrected chi connectivity index (χ4v) is 2.57. The maximum absolute atomic E-state index is 12.0. The lowest BCUT2D eigenvalue weighted by Gasteiger charge is -2.33. The Kier molecular flexibility index (Phi) is 6.73. The first-order valence-corrected chi connectivity index (χ1v) is 8.32. The zero-order chi connectivity index (χ0) is 16.7.